The third-order valence-electron chi connectivity index (χ3n) is 4.13. The van der Waals surface area contributed by atoms with Crippen LogP contribution >= 0.6 is 0 Å². The lowest BCUT2D eigenvalue weighted by Gasteiger charge is -2.35. The average Bonchev–Trinajstić information content (AvgIpc) is 2.46. The maximum absolute atomic E-state index is 12.2. The zero-order valence-electron chi connectivity index (χ0n) is 12.7. The van der Waals surface area contributed by atoms with Gasteiger partial charge in [-0.25, -0.2) is 0 Å². The second-order valence-corrected chi connectivity index (χ2v) is 5.76. The topological polar surface area (TPSA) is 60.9 Å². The van der Waals surface area contributed by atoms with Crippen LogP contribution in [0.2, 0.25) is 0 Å². The molecule has 0 spiro atoms. The van der Waals surface area contributed by atoms with Crippen LogP contribution in [0.4, 0.5) is 5.69 Å². The van der Waals surface area contributed by atoms with Gasteiger partial charge in [0.2, 0.25) is 5.91 Å². The quantitative estimate of drug-likeness (QED) is 0.920. The number of benzene rings is 1. The number of hydrogen-bond acceptors (Lipinski definition) is 3. The first-order valence-electron chi connectivity index (χ1n) is 7.24. The number of carbonyl (C=O) groups excluding carboxylic acids is 1. The Morgan fingerprint density at radius 2 is 2.05 bits per heavy atom. The number of anilines is 1. The minimum Gasteiger partial charge on any atom is -0.481 e. The molecule has 1 heterocycles. The maximum atomic E-state index is 12.2. The van der Waals surface area contributed by atoms with Crippen LogP contribution in [-0.2, 0) is 9.59 Å². The van der Waals surface area contributed by atoms with E-state index in [1.54, 1.807) is 11.9 Å². The standard InChI is InChI=1S/C16H22N2O3/c1-11(2)17(3)15(19)10-18-9-8-13(16(20)21)12-6-4-5-7-14(12)18/h4-7,11,13H,8-10H2,1-3H3,(H,20,21). The Hall–Kier alpha value is -2.04. The summed E-state index contributed by atoms with van der Waals surface area (Å²) in [6.07, 6.45) is 0.533. The molecule has 1 amide bonds. The second-order valence-electron chi connectivity index (χ2n) is 5.76. The summed E-state index contributed by atoms with van der Waals surface area (Å²) in [5.74, 6) is -1.23. The lowest BCUT2D eigenvalue weighted by Crippen LogP contribution is -2.44. The van der Waals surface area contributed by atoms with Gasteiger partial charge in [-0.15, -0.1) is 0 Å². The van der Waals surface area contributed by atoms with Crippen molar-refractivity contribution in [3.63, 3.8) is 0 Å². The molecule has 1 aromatic rings. The monoisotopic (exact) mass is 290 g/mol. The van der Waals surface area contributed by atoms with Gasteiger partial charge in [-0.1, -0.05) is 18.2 Å². The zero-order chi connectivity index (χ0) is 15.6. The van der Waals surface area contributed by atoms with Crippen LogP contribution in [0.3, 0.4) is 0 Å². The molecule has 0 radical (unpaired) electrons. The van der Waals surface area contributed by atoms with Gasteiger partial charge < -0.3 is 14.9 Å². The van der Waals surface area contributed by atoms with Crippen molar-refractivity contribution in [3.05, 3.63) is 29.8 Å². The molecule has 1 aromatic carbocycles. The summed E-state index contributed by atoms with van der Waals surface area (Å²) in [6, 6.07) is 7.63. The fraction of sp³-hybridized carbons (Fsp3) is 0.500. The number of nitrogens with zero attached hydrogens (tertiary/aromatic N) is 2. The number of carbonyl (C=O) groups is 2. The minimum atomic E-state index is -0.798. The lowest BCUT2D eigenvalue weighted by atomic mass is 9.90. The second kappa shape index (κ2) is 6.16. The van der Waals surface area contributed by atoms with E-state index in [2.05, 4.69) is 0 Å². The molecule has 1 unspecified atom stereocenters. The molecule has 0 fully saturated rings. The number of fused-ring (bicyclic) bond motifs is 1. The summed E-state index contributed by atoms with van der Waals surface area (Å²) in [5, 5.41) is 9.32. The Labute approximate surface area is 125 Å². The number of carboxylic acid groups (broad SMARTS) is 1. The van der Waals surface area contributed by atoms with E-state index in [-0.39, 0.29) is 18.5 Å². The smallest absolute Gasteiger partial charge is 0.311 e. The number of carboxylic acids is 1. The summed E-state index contributed by atoms with van der Waals surface area (Å²) in [7, 11) is 1.79. The molecule has 0 saturated heterocycles. The third kappa shape index (κ3) is 3.17. The van der Waals surface area contributed by atoms with E-state index in [1.807, 2.05) is 43.0 Å². The fourth-order valence-electron chi connectivity index (χ4n) is 2.61. The van der Waals surface area contributed by atoms with Gasteiger partial charge in [0, 0.05) is 25.3 Å². The average molecular weight is 290 g/mol. The lowest BCUT2D eigenvalue weighted by molar-refractivity contribution is -0.139. The molecule has 114 valence electrons. The van der Waals surface area contributed by atoms with Gasteiger partial charge in [0.15, 0.2) is 0 Å². The molecule has 0 aliphatic carbocycles. The highest BCUT2D eigenvalue weighted by Crippen LogP contribution is 2.35. The highest BCUT2D eigenvalue weighted by Gasteiger charge is 2.30. The van der Waals surface area contributed by atoms with Crippen molar-refractivity contribution < 1.29 is 14.7 Å². The number of hydrogen-bond donors (Lipinski definition) is 1. The Kier molecular flexibility index (Phi) is 4.50. The van der Waals surface area contributed by atoms with Gasteiger partial charge in [-0.05, 0) is 31.9 Å². The van der Waals surface area contributed by atoms with Crippen LogP contribution in [-0.4, -0.2) is 48.1 Å². The van der Waals surface area contributed by atoms with Crippen LogP contribution < -0.4 is 4.90 Å². The predicted octanol–water partition coefficient (Wildman–Crippen LogP) is 1.93. The molecule has 1 aliphatic rings. The van der Waals surface area contributed by atoms with Crippen LogP contribution in [0.15, 0.2) is 24.3 Å². The first-order chi connectivity index (χ1) is 9.91. The summed E-state index contributed by atoms with van der Waals surface area (Å²) in [6.45, 7) is 4.83. The molecule has 5 nitrogen and oxygen atoms in total. The van der Waals surface area contributed by atoms with Gasteiger partial charge >= 0.3 is 5.97 Å². The Bertz CT molecular complexity index is 542. The Balaban J connectivity index is 2.21. The molecule has 1 aliphatic heterocycles. The van der Waals surface area contributed by atoms with Gasteiger partial charge in [0.25, 0.3) is 0 Å². The van der Waals surface area contributed by atoms with Crippen molar-refractivity contribution in [2.75, 3.05) is 25.0 Å². The molecule has 0 aromatic heterocycles. The van der Waals surface area contributed by atoms with E-state index in [0.717, 1.165) is 11.3 Å². The van der Waals surface area contributed by atoms with Gasteiger partial charge in [0.1, 0.15) is 0 Å². The molecule has 0 bridgehead atoms. The molecule has 1 atom stereocenters. The van der Waals surface area contributed by atoms with Gasteiger partial charge in [-0.2, -0.15) is 0 Å². The van der Waals surface area contributed by atoms with E-state index in [0.29, 0.717) is 13.0 Å². The number of para-hydroxylation sites is 1. The first kappa shape index (κ1) is 15.4. The van der Waals surface area contributed by atoms with E-state index >= 15 is 0 Å². The SMILES string of the molecule is CC(C)N(C)C(=O)CN1CCC(C(=O)O)c2ccccc21. The Morgan fingerprint density at radius 3 is 2.67 bits per heavy atom. The van der Waals surface area contributed by atoms with E-state index in [1.165, 1.54) is 0 Å². The number of likely N-dealkylation sites (N-methyl/N-ethyl adjacent to an activating group) is 1. The van der Waals surface area contributed by atoms with Crippen molar-refractivity contribution in [1.29, 1.82) is 0 Å². The minimum absolute atomic E-state index is 0.0496. The maximum Gasteiger partial charge on any atom is 0.311 e. The number of amides is 1. The molecule has 0 saturated carbocycles. The first-order valence-corrected chi connectivity index (χ1v) is 7.24. The van der Waals surface area contributed by atoms with Crippen LogP contribution in [0.5, 0.6) is 0 Å². The summed E-state index contributed by atoms with van der Waals surface area (Å²) in [4.78, 5) is 27.3. The van der Waals surface area contributed by atoms with Crippen molar-refractivity contribution >= 4 is 17.6 Å². The summed E-state index contributed by atoms with van der Waals surface area (Å²) >= 11 is 0. The van der Waals surface area contributed by atoms with Crippen LogP contribution in [0.1, 0.15) is 31.7 Å². The van der Waals surface area contributed by atoms with Gasteiger partial charge in [-0.3, -0.25) is 9.59 Å². The third-order valence-corrected chi connectivity index (χ3v) is 4.13. The number of aliphatic carboxylic acids is 1. The van der Waals surface area contributed by atoms with E-state index in [4.69, 9.17) is 0 Å². The zero-order valence-corrected chi connectivity index (χ0v) is 12.7. The van der Waals surface area contributed by atoms with Crippen LogP contribution in [0.25, 0.3) is 0 Å². The molecule has 2 rings (SSSR count). The molecular formula is C16H22N2O3. The summed E-state index contributed by atoms with van der Waals surface area (Å²) < 4.78 is 0. The van der Waals surface area contributed by atoms with E-state index in [9.17, 15) is 14.7 Å². The Morgan fingerprint density at radius 1 is 1.38 bits per heavy atom. The fourth-order valence-corrected chi connectivity index (χ4v) is 2.61. The van der Waals surface area contributed by atoms with Gasteiger partial charge in [0.05, 0.1) is 12.5 Å². The predicted molar refractivity (Wildman–Crippen MR) is 81.6 cm³/mol. The molecule has 21 heavy (non-hydrogen) atoms. The van der Waals surface area contributed by atoms with E-state index < -0.39 is 11.9 Å². The molecule has 1 N–H and O–H groups in total. The van der Waals surface area contributed by atoms with Crippen LogP contribution in [0, 0.1) is 0 Å². The highest BCUT2D eigenvalue weighted by atomic mass is 16.4. The van der Waals surface area contributed by atoms with Crippen molar-refractivity contribution in [2.45, 2.75) is 32.2 Å². The molecular weight excluding hydrogens is 268 g/mol. The van der Waals surface area contributed by atoms with Crippen molar-refractivity contribution in [2.24, 2.45) is 0 Å². The highest BCUT2D eigenvalue weighted by molar-refractivity contribution is 5.84. The number of rotatable bonds is 4. The largest absolute Gasteiger partial charge is 0.481 e. The summed E-state index contributed by atoms with van der Waals surface area (Å²) in [5.41, 5.74) is 1.66. The normalized spacial score (nSPS) is 17.5. The van der Waals surface area contributed by atoms with Crippen molar-refractivity contribution in [1.82, 2.24) is 4.90 Å². The molecule has 5 heteroatoms. The van der Waals surface area contributed by atoms with Crippen molar-refractivity contribution in [3.8, 4) is 0 Å².